The van der Waals surface area contributed by atoms with E-state index in [2.05, 4.69) is 6.07 Å². The molecule has 1 aliphatic rings. The average Bonchev–Trinajstić information content (AvgIpc) is 2.38. The second-order valence-electron chi connectivity index (χ2n) is 5.60. The summed E-state index contributed by atoms with van der Waals surface area (Å²) in [5, 5.41) is 10.3. The molecule has 19 heavy (non-hydrogen) atoms. The molecule has 0 spiro atoms. The van der Waals surface area contributed by atoms with Gasteiger partial charge in [0.1, 0.15) is 6.10 Å². The van der Waals surface area contributed by atoms with E-state index in [-0.39, 0.29) is 11.7 Å². The number of hydrogen-bond acceptors (Lipinski definition) is 2. The molecule has 0 amide bonds. The highest BCUT2D eigenvalue weighted by Crippen LogP contribution is 2.38. The third kappa shape index (κ3) is 2.89. The third-order valence-electron chi connectivity index (χ3n) is 4.54. The fourth-order valence-corrected chi connectivity index (χ4v) is 2.91. The molecule has 1 atom stereocenters. The van der Waals surface area contributed by atoms with Crippen LogP contribution in [0.3, 0.4) is 0 Å². The molecule has 1 fully saturated rings. The summed E-state index contributed by atoms with van der Waals surface area (Å²) in [6.07, 6.45) is 4.43. The van der Waals surface area contributed by atoms with Crippen LogP contribution in [0.5, 0.6) is 0 Å². The van der Waals surface area contributed by atoms with Crippen LogP contribution < -0.4 is 0 Å². The highest BCUT2D eigenvalue weighted by atomic mass is 16.3. The molecule has 1 unspecified atom stereocenters. The molecule has 2 rings (SSSR count). The molecule has 1 N–H and O–H groups in total. The molecule has 0 aliphatic heterocycles. The lowest BCUT2D eigenvalue weighted by Gasteiger charge is -2.28. The summed E-state index contributed by atoms with van der Waals surface area (Å²) < 4.78 is 0. The molecular weight excluding hydrogens is 236 g/mol. The molecule has 0 aromatic heterocycles. The fraction of sp³-hybridized carbons (Fsp3) is 0.588. The smallest absolute Gasteiger partial charge is 0.191 e. The van der Waals surface area contributed by atoms with Gasteiger partial charge in [-0.2, -0.15) is 0 Å². The van der Waals surface area contributed by atoms with Crippen molar-refractivity contribution >= 4 is 5.78 Å². The Balaban J connectivity index is 2.23. The van der Waals surface area contributed by atoms with Crippen LogP contribution in [0, 0.1) is 5.92 Å². The zero-order valence-electron chi connectivity index (χ0n) is 11.9. The van der Waals surface area contributed by atoms with Gasteiger partial charge in [0.15, 0.2) is 5.78 Å². The van der Waals surface area contributed by atoms with E-state index in [1.807, 2.05) is 32.0 Å². The van der Waals surface area contributed by atoms with Crippen molar-refractivity contribution in [3.8, 4) is 0 Å². The number of hydrogen-bond donors (Lipinski definition) is 1. The number of carbonyl (C=O) groups excluding carboxylic acids is 1. The second-order valence-corrected chi connectivity index (χ2v) is 5.60. The Hall–Kier alpha value is -1.15. The molecule has 0 bridgehead atoms. The van der Waals surface area contributed by atoms with Gasteiger partial charge in [0.2, 0.25) is 0 Å². The third-order valence-corrected chi connectivity index (χ3v) is 4.54. The molecule has 2 heteroatoms. The minimum atomic E-state index is -0.851. The van der Waals surface area contributed by atoms with Gasteiger partial charge >= 0.3 is 0 Å². The number of benzene rings is 1. The zero-order valence-corrected chi connectivity index (χ0v) is 11.9. The predicted octanol–water partition coefficient (Wildman–Crippen LogP) is 3.93. The number of aliphatic hydroxyl groups is 1. The van der Waals surface area contributed by atoms with E-state index in [0.29, 0.717) is 5.92 Å². The van der Waals surface area contributed by atoms with Crippen LogP contribution in [-0.4, -0.2) is 17.0 Å². The fourth-order valence-electron chi connectivity index (χ4n) is 2.91. The second kappa shape index (κ2) is 6.33. The maximum absolute atomic E-state index is 12.5. The SMILES string of the molecule is CCC(CC)C(O)C(=O)c1ccccc1C1CCC1. The maximum Gasteiger partial charge on any atom is 0.191 e. The van der Waals surface area contributed by atoms with Gasteiger partial charge in [0, 0.05) is 5.56 Å². The van der Waals surface area contributed by atoms with E-state index >= 15 is 0 Å². The molecule has 0 radical (unpaired) electrons. The highest BCUT2D eigenvalue weighted by Gasteiger charge is 2.29. The number of Topliss-reactive ketones (excluding diaryl/α,β-unsaturated/α-hetero) is 1. The zero-order chi connectivity index (χ0) is 13.8. The molecule has 0 heterocycles. The van der Waals surface area contributed by atoms with Crippen molar-refractivity contribution < 1.29 is 9.90 Å². The number of rotatable bonds is 6. The molecule has 1 aromatic rings. The van der Waals surface area contributed by atoms with Gasteiger partial charge in [-0.05, 0) is 30.2 Å². The lowest BCUT2D eigenvalue weighted by atomic mass is 9.76. The predicted molar refractivity (Wildman–Crippen MR) is 77.4 cm³/mol. The van der Waals surface area contributed by atoms with Gasteiger partial charge in [-0.3, -0.25) is 4.79 Å². The lowest BCUT2D eigenvalue weighted by Crippen LogP contribution is -2.30. The molecular formula is C17H24O2. The van der Waals surface area contributed by atoms with Gasteiger partial charge in [-0.15, -0.1) is 0 Å². The van der Waals surface area contributed by atoms with Gasteiger partial charge in [-0.1, -0.05) is 57.4 Å². The van der Waals surface area contributed by atoms with E-state index < -0.39 is 6.10 Å². The Morgan fingerprint density at radius 1 is 1.26 bits per heavy atom. The van der Waals surface area contributed by atoms with Crippen molar-refractivity contribution in [2.75, 3.05) is 0 Å². The van der Waals surface area contributed by atoms with Crippen molar-refractivity contribution in [2.45, 2.75) is 58.0 Å². The largest absolute Gasteiger partial charge is 0.385 e. The number of aliphatic hydroxyl groups excluding tert-OH is 1. The lowest BCUT2D eigenvalue weighted by molar-refractivity contribution is 0.0586. The standard InChI is InChI=1S/C17H24O2/c1-3-12(4-2)16(18)17(19)15-11-6-5-10-14(15)13-8-7-9-13/h5-6,10-13,16,18H,3-4,7-9H2,1-2H3. The Bertz CT molecular complexity index is 431. The van der Waals surface area contributed by atoms with Crippen molar-refractivity contribution in [1.82, 2.24) is 0 Å². The first-order valence-corrected chi connectivity index (χ1v) is 7.50. The molecule has 1 aromatic carbocycles. The van der Waals surface area contributed by atoms with E-state index in [9.17, 15) is 9.90 Å². The first-order chi connectivity index (χ1) is 9.19. The number of ketones is 1. The minimum Gasteiger partial charge on any atom is -0.385 e. The van der Waals surface area contributed by atoms with Crippen molar-refractivity contribution in [1.29, 1.82) is 0 Å². The Labute approximate surface area is 115 Å². The van der Waals surface area contributed by atoms with Gasteiger partial charge in [-0.25, -0.2) is 0 Å². The van der Waals surface area contributed by atoms with Gasteiger partial charge in [0.05, 0.1) is 0 Å². The number of carbonyl (C=O) groups is 1. The quantitative estimate of drug-likeness (QED) is 0.787. The van der Waals surface area contributed by atoms with Crippen LogP contribution in [-0.2, 0) is 0 Å². The van der Waals surface area contributed by atoms with Gasteiger partial charge in [0.25, 0.3) is 0 Å². The van der Waals surface area contributed by atoms with Crippen LogP contribution in [0.25, 0.3) is 0 Å². The van der Waals surface area contributed by atoms with E-state index in [1.54, 1.807) is 0 Å². The average molecular weight is 260 g/mol. The van der Waals surface area contributed by atoms with Crippen LogP contribution in [0.2, 0.25) is 0 Å². The molecule has 2 nitrogen and oxygen atoms in total. The monoisotopic (exact) mass is 260 g/mol. The summed E-state index contributed by atoms with van der Waals surface area (Å²) in [5.41, 5.74) is 1.88. The normalized spacial score (nSPS) is 17.3. The van der Waals surface area contributed by atoms with Crippen LogP contribution in [0.1, 0.15) is 67.8 Å². The first kappa shape index (κ1) is 14.3. The van der Waals surface area contributed by atoms with Crippen molar-refractivity contribution in [2.24, 2.45) is 5.92 Å². The van der Waals surface area contributed by atoms with E-state index in [1.165, 1.54) is 19.3 Å². The topological polar surface area (TPSA) is 37.3 Å². The summed E-state index contributed by atoms with van der Waals surface area (Å²) in [6, 6.07) is 7.82. The molecule has 1 saturated carbocycles. The van der Waals surface area contributed by atoms with Crippen molar-refractivity contribution in [3.05, 3.63) is 35.4 Å². The Kier molecular flexibility index (Phi) is 4.76. The molecule has 1 aliphatic carbocycles. The summed E-state index contributed by atoms with van der Waals surface area (Å²) >= 11 is 0. The summed E-state index contributed by atoms with van der Waals surface area (Å²) in [6.45, 7) is 4.06. The van der Waals surface area contributed by atoms with Gasteiger partial charge < -0.3 is 5.11 Å². The maximum atomic E-state index is 12.5. The van der Waals surface area contributed by atoms with Crippen LogP contribution in [0.15, 0.2) is 24.3 Å². The Morgan fingerprint density at radius 2 is 1.89 bits per heavy atom. The summed E-state index contributed by atoms with van der Waals surface area (Å²) in [5.74, 6) is 0.507. The Morgan fingerprint density at radius 3 is 2.42 bits per heavy atom. The highest BCUT2D eigenvalue weighted by molar-refractivity contribution is 6.01. The molecule has 0 saturated heterocycles. The van der Waals surface area contributed by atoms with E-state index in [4.69, 9.17) is 0 Å². The van der Waals surface area contributed by atoms with Crippen molar-refractivity contribution in [3.63, 3.8) is 0 Å². The summed E-state index contributed by atoms with van der Waals surface area (Å²) in [7, 11) is 0. The van der Waals surface area contributed by atoms with Crippen LogP contribution >= 0.6 is 0 Å². The van der Waals surface area contributed by atoms with Crippen LogP contribution in [0.4, 0.5) is 0 Å². The first-order valence-electron chi connectivity index (χ1n) is 7.50. The van der Waals surface area contributed by atoms with E-state index in [0.717, 1.165) is 24.0 Å². The summed E-state index contributed by atoms with van der Waals surface area (Å²) in [4.78, 5) is 12.5. The molecule has 104 valence electrons. The minimum absolute atomic E-state index is 0.0712.